The third-order valence-electron chi connectivity index (χ3n) is 6.81. The second-order valence-corrected chi connectivity index (χ2v) is 9.05. The van der Waals surface area contributed by atoms with Crippen LogP contribution in [0.3, 0.4) is 0 Å². The first-order valence-corrected chi connectivity index (χ1v) is 12.3. The number of benzene rings is 5. The molecule has 0 N–H and O–H groups in total. The Hall–Kier alpha value is -5.09. The van der Waals surface area contributed by atoms with Crippen molar-refractivity contribution in [1.29, 1.82) is 0 Å². The van der Waals surface area contributed by atoms with Crippen LogP contribution in [-0.2, 0) is 0 Å². The molecule has 4 nitrogen and oxygen atoms in total. The van der Waals surface area contributed by atoms with Crippen LogP contribution >= 0.6 is 0 Å². The van der Waals surface area contributed by atoms with Gasteiger partial charge in [0.2, 0.25) is 0 Å². The van der Waals surface area contributed by atoms with E-state index in [4.69, 9.17) is 10.2 Å². The monoisotopic (exact) mass is 474 g/mol. The van der Waals surface area contributed by atoms with Gasteiger partial charge in [-0.05, 0) is 69.1 Å². The van der Waals surface area contributed by atoms with Crippen molar-refractivity contribution in [1.82, 2.24) is 20.0 Å². The van der Waals surface area contributed by atoms with Crippen molar-refractivity contribution < 1.29 is 0 Å². The van der Waals surface area contributed by atoms with Crippen molar-refractivity contribution in [2.75, 3.05) is 0 Å². The number of hydrogen-bond acceptors (Lipinski definition) is 3. The number of nitrogens with zero attached hydrogens (tertiary/aromatic N) is 4. The van der Waals surface area contributed by atoms with Gasteiger partial charge in [0.15, 0.2) is 0 Å². The molecule has 2 aromatic heterocycles. The lowest BCUT2D eigenvalue weighted by Crippen LogP contribution is -1.98. The number of pyridine rings is 1. The number of fused-ring (bicyclic) bond motifs is 3. The minimum Gasteiger partial charge on any atom is -0.265 e. The zero-order valence-electron chi connectivity index (χ0n) is 20.0. The van der Waals surface area contributed by atoms with Crippen LogP contribution in [0, 0.1) is 0 Å². The standard InChI is InChI=1S/C33H22N4/c1-2-6-23(7-3-1)24-10-12-27(13-11-24)31-22-32-33(30-9-5-4-8-29(30)31)36-37(35-32)28-16-14-25(15-17-28)26-18-20-34-21-19-26/h1-22H. The quantitative estimate of drug-likeness (QED) is 0.260. The highest BCUT2D eigenvalue weighted by molar-refractivity contribution is 6.11. The Morgan fingerprint density at radius 1 is 0.459 bits per heavy atom. The van der Waals surface area contributed by atoms with Gasteiger partial charge in [0.25, 0.3) is 0 Å². The third-order valence-corrected chi connectivity index (χ3v) is 6.81. The van der Waals surface area contributed by atoms with Gasteiger partial charge in [-0.2, -0.15) is 4.80 Å². The maximum atomic E-state index is 4.90. The van der Waals surface area contributed by atoms with Gasteiger partial charge in [-0.25, -0.2) is 0 Å². The average Bonchev–Trinajstić information content (AvgIpc) is 3.43. The number of aromatic nitrogens is 4. The Morgan fingerprint density at radius 2 is 1.03 bits per heavy atom. The van der Waals surface area contributed by atoms with E-state index in [0.717, 1.165) is 44.4 Å². The van der Waals surface area contributed by atoms with E-state index in [-0.39, 0.29) is 0 Å². The Balaban J connectivity index is 1.31. The molecule has 7 rings (SSSR count). The van der Waals surface area contributed by atoms with E-state index in [9.17, 15) is 0 Å². The maximum Gasteiger partial charge on any atom is 0.121 e. The van der Waals surface area contributed by atoms with Crippen LogP contribution in [0.2, 0.25) is 0 Å². The van der Waals surface area contributed by atoms with Crippen molar-refractivity contribution in [3.8, 4) is 39.1 Å². The van der Waals surface area contributed by atoms with Crippen LogP contribution in [0.4, 0.5) is 0 Å². The van der Waals surface area contributed by atoms with Crippen molar-refractivity contribution in [3.63, 3.8) is 0 Å². The van der Waals surface area contributed by atoms with Gasteiger partial charge in [0.05, 0.1) is 5.69 Å². The van der Waals surface area contributed by atoms with Crippen molar-refractivity contribution in [2.45, 2.75) is 0 Å². The lowest BCUT2D eigenvalue weighted by atomic mass is 9.95. The van der Waals surface area contributed by atoms with Crippen LogP contribution < -0.4 is 0 Å². The summed E-state index contributed by atoms with van der Waals surface area (Å²) >= 11 is 0. The second-order valence-electron chi connectivity index (χ2n) is 9.05. The van der Waals surface area contributed by atoms with Gasteiger partial charge in [-0.1, -0.05) is 91.0 Å². The zero-order chi connectivity index (χ0) is 24.6. The van der Waals surface area contributed by atoms with Crippen molar-refractivity contribution in [2.24, 2.45) is 0 Å². The number of rotatable bonds is 4. The molecular weight excluding hydrogens is 452 g/mol. The predicted octanol–water partition coefficient (Wildman–Crippen LogP) is 7.97. The molecule has 37 heavy (non-hydrogen) atoms. The summed E-state index contributed by atoms with van der Waals surface area (Å²) in [6, 6.07) is 42.1. The van der Waals surface area contributed by atoms with E-state index in [1.807, 2.05) is 30.6 Å². The first kappa shape index (κ1) is 21.2. The third kappa shape index (κ3) is 3.85. The number of hydrogen-bond donors (Lipinski definition) is 0. The van der Waals surface area contributed by atoms with Gasteiger partial charge >= 0.3 is 0 Å². The minimum atomic E-state index is 0.874. The molecule has 4 heteroatoms. The fraction of sp³-hybridized carbons (Fsp3) is 0. The zero-order valence-corrected chi connectivity index (χ0v) is 20.0. The van der Waals surface area contributed by atoms with E-state index in [0.29, 0.717) is 0 Å². The molecule has 0 atom stereocenters. The Kier molecular flexibility index (Phi) is 5.07. The van der Waals surface area contributed by atoms with Gasteiger partial charge in [-0.15, -0.1) is 10.2 Å². The molecule has 0 amide bonds. The van der Waals surface area contributed by atoms with Gasteiger partial charge in [0.1, 0.15) is 11.0 Å². The fourth-order valence-corrected chi connectivity index (χ4v) is 4.90. The highest BCUT2D eigenvalue weighted by Crippen LogP contribution is 2.35. The van der Waals surface area contributed by atoms with Crippen LogP contribution in [0.5, 0.6) is 0 Å². The summed E-state index contributed by atoms with van der Waals surface area (Å²) < 4.78 is 0. The van der Waals surface area contributed by atoms with Crippen LogP contribution in [0.1, 0.15) is 0 Å². The van der Waals surface area contributed by atoms with E-state index in [2.05, 4.69) is 108 Å². The lowest BCUT2D eigenvalue weighted by molar-refractivity contribution is 0.766. The molecule has 0 radical (unpaired) electrons. The molecule has 2 heterocycles. The molecule has 0 saturated carbocycles. The average molecular weight is 475 g/mol. The molecule has 0 saturated heterocycles. The summed E-state index contributed by atoms with van der Waals surface area (Å²) in [7, 11) is 0. The molecule has 0 aliphatic carbocycles. The molecule has 5 aromatic carbocycles. The second kappa shape index (κ2) is 8.85. The summed E-state index contributed by atoms with van der Waals surface area (Å²) in [6.07, 6.45) is 3.62. The Bertz CT molecular complexity index is 1840. The maximum absolute atomic E-state index is 4.90. The lowest BCUT2D eigenvalue weighted by Gasteiger charge is -2.09. The topological polar surface area (TPSA) is 43.6 Å². The SMILES string of the molecule is c1ccc(-c2ccc(-c3cc4nn(-c5ccc(-c6ccncc6)cc5)nc4c4ccccc34)cc2)cc1. The molecule has 0 unspecified atom stereocenters. The first-order chi connectivity index (χ1) is 18.3. The molecular formula is C33H22N4. The van der Waals surface area contributed by atoms with E-state index >= 15 is 0 Å². The van der Waals surface area contributed by atoms with E-state index in [1.54, 1.807) is 4.80 Å². The van der Waals surface area contributed by atoms with Gasteiger partial charge in [-0.3, -0.25) is 4.98 Å². The largest absolute Gasteiger partial charge is 0.265 e. The first-order valence-electron chi connectivity index (χ1n) is 12.3. The minimum absolute atomic E-state index is 0.874. The molecule has 0 bridgehead atoms. The van der Waals surface area contributed by atoms with Crippen LogP contribution in [-0.4, -0.2) is 20.0 Å². The van der Waals surface area contributed by atoms with E-state index in [1.165, 1.54) is 16.5 Å². The highest BCUT2D eigenvalue weighted by Gasteiger charge is 2.14. The molecule has 0 aliphatic heterocycles. The summed E-state index contributed by atoms with van der Waals surface area (Å²) in [5.74, 6) is 0. The Morgan fingerprint density at radius 3 is 1.76 bits per heavy atom. The smallest absolute Gasteiger partial charge is 0.121 e. The van der Waals surface area contributed by atoms with Gasteiger partial charge < -0.3 is 0 Å². The molecule has 0 spiro atoms. The highest BCUT2D eigenvalue weighted by atomic mass is 15.5. The van der Waals surface area contributed by atoms with E-state index < -0.39 is 0 Å². The van der Waals surface area contributed by atoms with Crippen molar-refractivity contribution >= 4 is 21.8 Å². The summed E-state index contributed by atoms with van der Waals surface area (Å²) in [5.41, 5.74) is 9.70. The molecule has 174 valence electrons. The van der Waals surface area contributed by atoms with Gasteiger partial charge in [0, 0.05) is 17.8 Å². The normalized spacial score (nSPS) is 11.2. The van der Waals surface area contributed by atoms with Crippen LogP contribution in [0.25, 0.3) is 60.9 Å². The molecule has 0 fully saturated rings. The summed E-state index contributed by atoms with van der Waals surface area (Å²) in [6.45, 7) is 0. The fourth-order valence-electron chi connectivity index (χ4n) is 4.90. The van der Waals surface area contributed by atoms with Crippen molar-refractivity contribution in [3.05, 3.63) is 134 Å². The Labute approximate surface area is 214 Å². The van der Waals surface area contributed by atoms with Crippen LogP contribution in [0.15, 0.2) is 134 Å². The molecule has 0 aliphatic rings. The molecule has 7 aromatic rings. The predicted molar refractivity (Wildman–Crippen MR) is 150 cm³/mol. The summed E-state index contributed by atoms with van der Waals surface area (Å²) in [5, 5.41) is 12.0. The summed E-state index contributed by atoms with van der Waals surface area (Å²) in [4.78, 5) is 5.84.